The van der Waals surface area contributed by atoms with E-state index in [0.717, 1.165) is 5.56 Å². The Bertz CT molecular complexity index is 947. The van der Waals surface area contributed by atoms with Crippen molar-refractivity contribution in [2.75, 3.05) is 0 Å². The quantitative estimate of drug-likeness (QED) is 0.666. The molecule has 1 aromatic carbocycles. The third-order valence-corrected chi connectivity index (χ3v) is 2.99. The number of hydrogen-bond acceptors (Lipinski definition) is 3. The average Bonchev–Trinajstić information content (AvgIpc) is 2.51. The first-order valence-corrected chi connectivity index (χ1v) is 5.80. The number of pyridine rings is 1. The number of rotatable bonds is 1. The molecule has 0 unspecified atom stereocenters. The van der Waals surface area contributed by atoms with E-state index in [1.165, 1.54) is 12.4 Å². The molecule has 0 N–H and O–H groups in total. The van der Waals surface area contributed by atoms with Crippen molar-refractivity contribution >= 4 is 10.9 Å². The molecule has 0 bridgehead atoms. The molecule has 2 heterocycles. The Kier molecular flexibility index (Phi) is 1.57. The predicted molar refractivity (Wildman–Crippen MR) is 77.0 cm³/mol. The molecule has 0 radical (unpaired) electrons. The first-order valence-electron chi connectivity index (χ1n) is 8.80. The van der Waals surface area contributed by atoms with Crippen LogP contribution in [0.2, 0.25) is 0 Å². The van der Waals surface area contributed by atoms with Gasteiger partial charge in [0, 0.05) is 31.6 Å². The van der Waals surface area contributed by atoms with E-state index < -0.39 is 13.7 Å². The molecule has 3 heteroatoms. The van der Waals surface area contributed by atoms with Crippen molar-refractivity contribution in [3.05, 3.63) is 53.6 Å². The summed E-state index contributed by atoms with van der Waals surface area (Å²) in [4.78, 5) is 12.2. The summed E-state index contributed by atoms with van der Waals surface area (Å²) in [5.41, 5.74) is 2.80. The molecule has 3 nitrogen and oxygen atoms in total. The van der Waals surface area contributed by atoms with Crippen molar-refractivity contribution in [3.63, 3.8) is 0 Å². The smallest absolute Gasteiger partial charge is 0.125 e. The summed E-state index contributed by atoms with van der Waals surface area (Å²) in [7, 11) is 0. The summed E-state index contributed by atoms with van der Waals surface area (Å²) in [5, 5.41) is 0.685. The van der Waals surface area contributed by atoms with Gasteiger partial charge in [-0.3, -0.25) is 4.98 Å². The lowest BCUT2D eigenvalue weighted by atomic mass is 10.1. The molecule has 0 atom stereocenters. The normalized spacial score (nSPS) is 16.9. The van der Waals surface area contributed by atoms with Gasteiger partial charge in [-0.05, 0) is 50.0 Å². The molecule has 3 aromatic rings. The highest BCUT2D eigenvalue weighted by Crippen LogP contribution is 2.23. The maximum Gasteiger partial charge on any atom is 0.125 e. The third kappa shape index (κ3) is 2.19. The number of fused-ring (bicyclic) bond motifs is 1. The van der Waals surface area contributed by atoms with Crippen LogP contribution in [-0.2, 0) is 0 Å². The fourth-order valence-corrected chi connectivity index (χ4v) is 1.91. The zero-order valence-electron chi connectivity index (χ0n) is 16.3. The molecule has 0 aliphatic carbocycles. The molecule has 0 spiro atoms. The average molecular weight is 255 g/mol. The van der Waals surface area contributed by atoms with Crippen LogP contribution in [0, 0.1) is 20.6 Å². The van der Waals surface area contributed by atoms with Gasteiger partial charge in [0.1, 0.15) is 5.82 Å². The van der Waals surface area contributed by atoms with E-state index in [9.17, 15) is 0 Å². The van der Waals surface area contributed by atoms with E-state index in [0.29, 0.717) is 22.2 Å². The largest absolute Gasteiger partial charge is 0.256 e. The van der Waals surface area contributed by atoms with Gasteiger partial charge < -0.3 is 0 Å². The van der Waals surface area contributed by atoms with Crippen molar-refractivity contribution in [3.8, 4) is 11.3 Å². The van der Waals surface area contributed by atoms with Gasteiger partial charge in [0.05, 0.1) is 11.2 Å². The van der Waals surface area contributed by atoms with Gasteiger partial charge in [-0.1, -0.05) is 6.07 Å². The number of aromatic nitrogens is 3. The molecule has 0 amide bonds. The highest BCUT2D eigenvalue weighted by Gasteiger charge is 2.04. The summed E-state index contributed by atoms with van der Waals surface area (Å²) >= 11 is 0. The van der Waals surface area contributed by atoms with E-state index in [2.05, 4.69) is 15.0 Å². The van der Waals surface area contributed by atoms with Crippen LogP contribution in [0.1, 0.15) is 25.2 Å². The van der Waals surface area contributed by atoms with Crippen LogP contribution in [0.15, 0.2) is 36.7 Å². The van der Waals surface area contributed by atoms with Gasteiger partial charge >= 0.3 is 0 Å². The highest BCUT2D eigenvalue weighted by molar-refractivity contribution is 5.83. The van der Waals surface area contributed by atoms with Crippen LogP contribution in [-0.4, -0.2) is 15.0 Å². The molecule has 0 saturated carbocycles. The maximum atomic E-state index is 7.50. The fourth-order valence-electron chi connectivity index (χ4n) is 1.91. The monoisotopic (exact) mass is 255 g/mol. The summed E-state index contributed by atoms with van der Waals surface area (Å²) in [6, 6.07) is 7.00. The van der Waals surface area contributed by atoms with E-state index in [1.54, 1.807) is 31.2 Å². The van der Waals surface area contributed by atoms with Crippen LogP contribution in [0.5, 0.6) is 0 Å². The number of hydrogen-bond donors (Lipinski definition) is 0. The molecule has 0 aliphatic rings. The topological polar surface area (TPSA) is 38.7 Å². The van der Waals surface area contributed by atoms with Gasteiger partial charge in [0.25, 0.3) is 0 Å². The lowest BCUT2D eigenvalue weighted by Crippen LogP contribution is -1.91. The SMILES string of the molecule is [2H]C([2H])([2H])c1ncc2cc(-c3cc(C)c(C([2H])([2H])[2H])cn3)ccc2n1. The molecular weight excluding hydrogens is 234 g/mol. The zero-order valence-corrected chi connectivity index (χ0v) is 10.3. The second-order valence-electron chi connectivity index (χ2n) is 4.35. The summed E-state index contributed by atoms with van der Waals surface area (Å²) in [6.07, 6.45) is 2.84. The van der Waals surface area contributed by atoms with Crippen LogP contribution >= 0.6 is 0 Å². The van der Waals surface area contributed by atoms with Gasteiger partial charge in [0.15, 0.2) is 0 Å². The maximum absolute atomic E-state index is 7.50. The number of nitrogens with zero attached hydrogens (tertiary/aromatic N) is 3. The Balaban J connectivity index is 2.04. The molecular formula is C16H15N3. The molecule has 0 aliphatic heterocycles. The van der Waals surface area contributed by atoms with E-state index in [4.69, 9.17) is 8.22 Å². The summed E-state index contributed by atoms with van der Waals surface area (Å²) in [6.45, 7) is -2.81. The van der Waals surface area contributed by atoms with Crippen molar-refractivity contribution < 1.29 is 8.22 Å². The molecule has 94 valence electrons. The Morgan fingerprint density at radius 2 is 1.95 bits per heavy atom. The lowest BCUT2D eigenvalue weighted by molar-refractivity contribution is 1.09. The van der Waals surface area contributed by atoms with E-state index >= 15 is 0 Å². The first kappa shape index (κ1) is 6.75. The van der Waals surface area contributed by atoms with Gasteiger partial charge in [0.2, 0.25) is 0 Å². The van der Waals surface area contributed by atoms with Crippen LogP contribution in [0.25, 0.3) is 22.2 Å². The van der Waals surface area contributed by atoms with Crippen LogP contribution in [0.3, 0.4) is 0 Å². The third-order valence-electron chi connectivity index (χ3n) is 2.99. The minimum absolute atomic E-state index is 0.191. The van der Waals surface area contributed by atoms with Gasteiger partial charge in [-0.15, -0.1) is 0 Å². The van der Waals surface area contributed by atoms with E-state index in [-0.39, 0.29) is 11.4 Å². The second kappa shape index (κ2) is 4.43. The Morgan fingerprint density at radius 1 is 1.00 bits per heavy atom. The predicted octanol–water partition coefficient (Wildman–Crippen LogP) is 3.62. The van der Waals surface area contributed by atoms with Crippen molar-refractivity contribution in [1.82, 2.24) is 15.0 Å². The minimum Gasteiger partial charge on any atom is -0.256 e. The Hall–Kier alpha value is -2.29. The number of aryl methyl sites for hydroxylation is 3. The van der Waals surface area contributed by atoms with Crippen molar-refractivity contribution in [2.45, 2.75) is 20.6 Å². The Labute approximate surface area is 120 Å². The zero-order chi connectivity index (χ0) is 18.4. The number of benzene rings is 1. The second-order valence-corrected chi connectivity index (χ2v) is 4.35. The summed E-state index contributed by atoms with van der Waals surface area (Å²) < 4.78 is 44.6. The lowest BCUT2D eigenvalue weighted by Gasteiger charge is -2.06. The van der Waals surface area contributed by atoms with Crippen LogP contribution < -0.4 is 0 Å². The van der Waals surface area contributed by atoms with Gasteiger partial charge in [-0.2, -0.15) is 0 Å². The molecule has 2 aromatic heterocycles. The molecule has 0 fully saturated rings. The first-order chi connectivity index (χ1) is 11.6. The molecule has 19 heavy (non-hydrogen) atoms. The fraction of sp³-hybridized carbons (Fsp3) is 0.188. The summed E-state index contributed by atoms with van der Waals surface area (Å²) in [5.74, 6) is -0.191. The van der Waals surface area contributed by atoms with E-state index in [1.807, 2.05) is 0 Å². The molecule has 0 saturated heterocycles. The highest BCUT2D eigenvalue weighted by atomic mass is 14.9. The Morgan fingerprint density at radius 3 is 2.74 bits per heavy atom. The molecule has 3 rings (SSSR count). The minimum atomic E-state index is -2.35. The van der Waals surface area contributed by atoms with Crippen molar-refractivity contribution in [2.24, 2.45) is 0 Å². The van der Waals surface area contributed by atoms with Gasteiger partial charge in [-0.25, -0.2) is 9.97 Å². The standard InChI is InChI=1S/C16H15N3/c1-10-6-16(18-8-11(10)2)13-4-5-15-14(7-13)9-17-12(3)19-15/h4-9H,1-3H3/i2D3,3D3. The van der Waals surface area contributed by atoms with Crippen molar-refractivity contribution in [1.29, 1.82) is 0 Å². The van der Waals surface area contributed by atoms with Crippen LogP contribution in [0.4, 0.5) is 0 Å².